The summed E-state index contributed by atoms with van der Waals surface area (Å²) in [6, 6.07) is 3.59. The molecular formula is C14H14N2O3S2. The highest BCUT2D eigenvalue weighted by molar-refractivity contribution is 8.26. The van der Waals surface area contributed by atoms with Crippen LogP contribution in [0.4, 0.5) is 0 Å². The van der Waals surface area contributed by atoms with E-state index in [1.165, 1.54) is 18.7 Å². The van der Waals surface area contributed by atoms with Crippen molar-refractivity contribution in [3.05, 3.63) is 33.7 Å². The second-order valence-corrected chi connectivity index (χ2v) is 6.23. The first-order valence-corrected chi connectivity index (χ1v) is 7.39. The van der Waals surface area contributed by atoms with Crippen LogP contribution < -0.4 is 15.6 Å². The molecule has 110 valence electrons. The van der Waals surface area contributed by atoms with Gasteiger partial charge in [0.2, 0.25) is 5.91 Å². The molecule has 2 rings (SSSR count). The predicted molar refractivity (Wildman–Crippen MR) is 86.7 cm³/mol. The highest BCUT2D eigenvalue weighted by atomic mass is 32.2. The summed E-state index contributed by atoms with van der Waals surface area (Å²) in [6.45, 7) is 5.19. The van der Waals surface area contributed by atoms with E-state index in [9.17, 15) is 9.59 Å². The number of thioether (sulfide) groups is 1. The molecule has 0 radical (unpaired) electrons. The Morgan fingerprint density at radius 3 is 2.67 bits per heavy atom. The van der Waals surface area contributed by atoms with Crippen LogP contribution in [0.15, 0.2) is 17.0 Å². The molecule has 1 fully saturated rings. The first-order chi connectivity index (χ1) is 9.88. The third-order valence-electron chi connectivity index (χ3n) is 3.01. The normalized spacial score (nSPS) is 16.0. The summed E-state index contributed by atoms with van der Waals surface area (Å²) in [5, 5.41) is 2.58. The Kier molecular flexibility index (Phi) is 4.64. The largest absolute Gasteiger partial charge is 0.379 e. The molecule has 0 bridgehead atoms. The molecule has 7 heteroatoms. The van der Waals surface area contributed by atoms with Gasteiger partial charge in [-0.15, -0.1) is 0 Å². The van der Waals surface area contributed by atoms with Crippen molar-refractivity contribution in [2.75, 3.05) is 0 Å². The highest BCUT2D eigenvalue weighted by Crippen LogP contribution is 2.30. The van der Waals surface area contributed by atoms with Crippen molar-refractivity contribution in [2.45, 2.75) is 20.8 Å². The fourth-order valence-electron chi connectivity index (χ4n) is 1.77. The lowest BCUT2D eigenvalue weighted by molar-refractivity contribution is -0.125. The molecule has 1 aromatic carbocycles. The van der Waals surface area contributed by atoms with E-state index in [4.69, 9.17) is 17.1 Å². The van der Waals surface area contributed by atoms with E-state index in [1.807, 2.05) is 19.9 Å². The van der Waals surface area contributed by atoms with Crippen LogP contribution in [0.1, 0.15) is 23.6 Å². The predicted octanol–water partition coefficient (Wildman–Crippen LogP) is 2.22. The van der Waals surface area contributed by atoms with Crippen LogP contribution in [0, 0.1) is 13.8 Å². The van der Waals surface area contributed by atoms with Crippen molar-refractivity contribution in [3.8, 4) is 5.75 Å². The minimum absolute atomic E-state index is 0.180. The standard InChI is InChI=1S/C14H14N2O3S2/c1-7-8(2)11(19-16-9(3)17)5-4-10(7)6-12-13(18)15-14(20)21-12/h4-6H,1-3H3,(H,16,17)(H,15,18,20)/b12-6-. The molecule has 1 heterocycles. The van der Waals surface area contributed by atoms with Gasteiger partial charge in [-0.1, -0.05) is 30.0 Å². The molecule has 1 aromatic rings. The fourth-order valence-corrected chi connectivity index (χ4v) is 2.81. The Bertz CT molecular complexity index is 668. The van der Waals surface area contributed by atoms with Crippen LogP contribution >= 0.6 is 24.0 Å². The summed E-state index contributed by atoms with van der Waals surface area (Å²) in [7, 11) is 0. The summed E-state index contributed by atoms with van der Waals surface area (Å²) in [4.78, 5) is 28.3. The van der Waals surface area contributed by atoms with Crippen molar-refractivity contribution in [2.24, 2.45) is 0 Å². The molecular weight excluding hydrogens is 308 g/mol. The Hall–Kier alpha value is -1.86. The molecule has 1 aliphatic rings. The maximum absolute atomic E-state index is 11.7. The summed E-state index contributed by atoms with van der Waals surface area (Å²) in [5.41, 5.74) is 5.06. The highest BCUT2D eigenvalue weighted by Gasteiger charge is 2.22. The van der Waals surface area contributed by atoms with Gasteiger partial charge in [0, 0.05) is 6.92 Å². The molecule has 0 saturated carbocycles. The number of carbonyl (C=O) groups excluding carboxylic acids is 2. The monoisotopic (exact) mass is 322 g/mol. The van der Waals surface area contributed by atoms with Gasteiger partial charge in [-0.25, -0.2) is 0 Å². The smallest absolute Gasteiger partial charge is 0.263 e. The first-order valence-electron chi connectivity index (χ1n) is 6.17. The lowest BCUT2D eigenvalue weighted by atomic mass is 10.0. The van der Waals surface area contributed by atoms with Crippen molar-refractivity contribution >= 4 is 46.2 Å². The number of carbonyl (C=O) groups is 2. The van der Waals surface area contributed by atoms with Crippen LogP contribution in [-0.2, 0) is 9.59 Å². The second-order valence-electron chi connectivity index (χ2n) is 4.52. The molecule has 1 aliphatic heterocycles. The summed E-state index contributed by atoms with van der Waals surface area (Å²) >= 11 is 6.20. The van der Waals surface area contributed by atoms with Crippen LogP contribution in [0.3, 0.4) is 0 Å². The first kappa shape index (κ1) is 15.5. The summed E-state index contributed by atoms with van der Waals surface area (Å²) < 4.78 is 0.464. The summed E-state index contributed by atoms with van der Waals surface area (Å²) in [5.74, 6) is 0.121. The number of nitrogens with one attached hydrogen (secondary N) is 2. The zero-order valence-corrected chi connectivity index (χ0v) is 13.4. The van der Waals surface area contributed by atoms with Crippen LogP contribution in [0.5, 0.6) is 5.75 Å². The number of benzene rings is 1. The molecule has 0 spiro atoms. The molecule has 1 saturated heterocycles. The molecule has 2 N–H and O–H groups in total. The molecule has 5 nitrogen and oxygen atoms in total. The maximum Gasteiger partial charge on any atom is 0.263 e. The average molecular weight is 322 g/mol. The Balaban J connectivity index is 2.29. The van der Waals surface area contributed by atoms with Gasteiger partial charge in [-0.05, 0) is 42.7 Å². The van der Waals surface area contributed by atoms with Crippen LogP contribution in [0.25, 0.3) is 6.08 Å². The third-order valence-corrected chi connectivity index (χ3v) is 4.18. The lowest BCUT2D eigenvalue weighted by Gasteiger charge is -2.12. The zero-order chi connectivity index (χ0) is 15.6. The van der Waals surface area contributed by atoms with Gasteiger partial charge in [0.05, 0.1) is 4.91 Å². The Morgan fingerprint density at radius 2 is 2.10 bits per heavy atom. The third kappa shape index (κ3) is 3.62. The van der Waals surface area contributed by atoms with Crippen LogP contribution in [0.2, 0.25) is 0 Å². The van der Waals surface area contributed by atoms with E-state index in [1.54, 1.807) is 12.1 Å². The van der Waals surface area contributed by atoms with E-state index in [-0.39, 0.29) is 11.8 Å². The molecule has 0 aliphatic carbocycles. The second kappa shape index (κ2) is 6.28. The molecule has 0 atom stereocenters. The van der Waals surface area contributed by atoms with Gasteiger partial charge >= 0.3 is 0 Å². The topological polar surface area (TPSA) is 67.4 Å². The number of thiocarbonyl (C=S) groups is 1. The Morgan fingerprint density at radius 1 is 1.38 bits per heavy atom. The van der Waals surface area contributed by atoms with Gasteiger partial charge < -0.3 is 10.2 Å². The van der Waals surface area contributed by atoms with E-state index in [2.05, 4.69) is 10.8 Å². The fraction of sp³-hybridized carbons (Fsp3) is 0.214. The van der Waals surface area contributed by atoms with Crippen molar-refractivity contribution in [1.29, 1.82) is 0 Å². The van der Waals surface area contributed by atoms with Gasteiger partial charge in [0.15, 0.2) is 5.75 Å². The lowest BCUT2D eigenvalue weighted by Crippen LogP contribution is -2.24. The van der Waals surface area contributed by atoms with Crippen molar-refractivity contribution < 1.29 is 14.4 Å². The minimum atomic E-state index is -0.272. The quantitative estimate of drug-likeness (QED) is 0.507. The van der Waals surface area contributed by atoms with Gasteiger partial charge in [-0.3, -0.25) is 9.59 Å². The maximum atomic E-state index is 11.7. The van der Waals surface area contributed by atoms with Crippen molar-refractivity contribution in [3.63, 3.8) is 0 Å². The number of rotatable bonds is 3. The van der Waals surface area contributed by atoms with Gasteiger partial charge in [0.1, 0.15) is 4.32 Å². The molecule has 0 aromatic heterocycles. The molecule has 2 amide bonds. The SMILES string of the molecule is CC(=O)NOc1ccc(/C=C2\SC(=S)NC2=O)c(C)c1C. The number of hydrogen-bond acceptors (Lipinski definition) is 5. The van der Waals surface area contributed by atoms with E-state index in [0.29, 0.717) is 15.0 Å². The zero-order valence-electron chi connectivity index (χ0n) is 11.8. The Labute approximate surface area is 132 Å². The average Bonchev–Trinajstić information content (AvgIpc) is 2.72. The molecule has 21 heavy (non-hydrogen) atoms. The van der Waals surface area contributed by atoms with Gasteiger partial charge in [-0.2, -0.15) is 5.48 Å². The van der Waals surface area contributed by atoms with E-state index >= 15 is 0 Å². The molecule has 0 unspecified atom stereocenters. The summed E-state index contributed by atoms with van der Waals surface area (Å²) in [6.07, 6.45) is 1.80. The van der Waals surface area contributed by atoms with E-state index < -0.39 is 0 Å². The van der Waals surface area contributed by atoms with E-state index in [0.717, 1.165) is 16.7 Å². The van der Waals surface area contributed by atoms with Gasteiger partial charge in [0.25, 0.3) is 5.91 Å². The number of amides is 2. The number of hydrogen-bond donors (Lipinski definition) is 2. The van der Waals surface area contributed by atoms with Crippen LogP contribution in [-0.4, -0.2) is 16.1 Å². The minimum Gasteiger partial charge on any atom is -0.379 e. The van der Waals surface area contributed by atoms with Crippen molar-refractivity contribution in [1.82, 2.24) is 10.8 Å². The number of hydroxylamine groups is 1.